The van der Waals surface area contributed by atoms with Crippen LogP contribution in [-0.2, 0) is 4.79 Å². The molecule has 0 aromatic heterocycles. The molecule has 0 aliphatic carbocycles. The Morgan fingerprint density at radius 3 is 1.53 bits per heavy atom. The predicted molar refractivity (Wildman–Crippen MR) is 43.9 cm³/mol. The molecule has 2 nitrogen and oxygen atoms in total. The highest BCUT2D eigenvalue weighted by molar-refractivity contribution is 5.84. The average molecular weight is 269 g/mol. The van der Waals surface area contributed by atoms with E-state index in [9.17, 15) is 35.5 Å². The van der Waals surface area contributed by atoms with Gasteiger partial charge in [0.25, 0.3) is 5.91 Å². The first-order chi connectivity index (χ1) is 7.43. The first-order valence-electron chi connectivity index (χ1n) is 4.55. The fraction of sp³-hybridized carbons (Fsp3) is 0.875. The third-order valence-corrected chi connectivity index (χ3v) is 2.07. The van der Waals surface area contributed by atoms with Crippen molar-refractivity contribution in [3.63, 3.8) is 0 Å². The highest BCUT2D eigenvalue weighted by Crippen LogP contribution is 2.47. The summed E-state index contributed by atoms with van der Waals surface area (Å²) in [6.07, 6.45) is -6.49. The Labute approximate surface area is 92.4 Å². The van der Waals surface area contributed by atoms with Crippen LogP contribution < -0.4 is 0 Å². The van der Waals surface area contributed by atoms with E-state index < -0.39 is 37.0 Å². The number of nitrogens with zero attached hydrogens (tertiary/aromatic N) is 1. The van der Waals surface area contributed by atoms with Gasteiger partial charge in [-0.05, 0) is 13.8 Å². The Bertz CT molecular complexity index is 282. The Balaban J connectivity index is 5.33. The van der Waals surface area contributed by atoms with Crippen LogP contribution >= 0.6 is 0 Å². The highest BCUT2D eigenvalue weighted by Gasteiger charge is 2.76. The molecule has 0 N–H and O–H groups in total. The molecule has 0 unspecified atom stereocenters. The van der Waals surface area contributed by atoms with Crippen molar-refractivity contribution in [2.75, 3.05) is 13.1 Å². The summed E-state index contributed by atoms with van der Waals surface area (Å²) >= 11 is 0. The van der Waals surface area contributed by atoms with Gasteiger partial charge in [0.1, 0.15) is 0 Å². The number of carbonyl (C=O) groups excluding carboxylic acids is 1. The molecule has 0 spiro atoms. The summed E-state index contributed by atoms with van der Waals surface area (Å²) in [5.74, 6) is -14.7. The lowest BCUT2D eigenvalue weighted by atomic mass is 10.1. The van der Waals surface area contributed by atoms with Crippen molar-refractivity contribution in [3.05, 3.63) is 0 Å². The molecule has 0 aromatic rings. The lowest BCUT2D eigenvalue weighted by Gasteiger charge is -2.30. The van der Waals surface area contributed by atoms with Crippen molar-refractivity contribution in [1.29, 1.82) is 0 Å². The molecule has 0 aromatic carbocycles. The maximum Gasteiger partial charge on any atom is 0.460 e. The van der Waals surface area contributed by atoms with Crippen LogP contribution in [0.25, 0.3) is 0 Å². The van der Waals surface area contributed by atoms with E-state index in [2.05, 4.69) is 0 Å². The molecule has 0 aliphatic rings. The number of carbonyl (C=O) groups is 1. The number of alkyl halides is 7. The van der Waals surface area contributed by atoms with E-state index in [0.29, 0.717) is 0 Å². The predicted octanol–water partition coefficient (Wildman–Crippen LogP) is 2.69. The first kappa shape index (κ1) is 16.0. The minimum atomic E-state index is -6.49. The van der Waals surface area contributed by atoms with Crippen LogP contribution in [0.15, 0.2) is 0 Å². The Hall–Kier alpha value is -1.02. The highest BCUT2D eigenvalue weighted by atomic mass is 19.4. The molecule has 0 atom stereocenters. The van der Waals surface area contributed by atoms with Gasteiger partial charge in [0.05, 0.1) is 0 Å². The van der Waals surface area contributed by atoms with Gasteiger partial charge in [-0.25, -0.2) is 0 Å². The van der Waals surface area contributed by atoms with Crippen LogP contribution in [0.1, 0.15) is 13.8 Å². The molecule has 9 heteroatoms. The Morgan fingerprint density at radius 1 is 0.941 bits per heavy atom. The van der Waals surface area contributed by atoms with Crippen LogP contribution in [0.3, 0.4) is 0 Å². The number of amides is 1. The zero-order chi connectivity index (χ0) is 14.1. The van der Waals surface area contributed by atoms with Gasteiger partial charge in [0.15, 0.2) is 0 Å². The quantitative estimate of drug-likeness (QED) is 0.718. The van der Waals surface area contributed by atoms with Gasteiger partial charge < -0.3 is 4.90 Å². The van der Waals surface area contributed by atoms with Crippen molar-refractivity contribution in [2.24, 2.45) is 0 Å². The van der Waals surface area contributed by atoms with E-state index in [1.807, 2.05) is 0 Å². The van der Waals surface area contributed by atoms with Gasteiger partial charge in [-0.2, -0.15) is 30.7 Å². The molecule has 0 saturated heterocycles. The van der Waals surface area contributed by atoms with Gasteiger partial charge in [-0.1, -0.05) is 0 Å². The number of hydrogen-bond donors (Lipinski definition) is 0. The maximum absolute atomic E-state index is 12.9. The SMILES string of the molecule is CCN(CC)C(=O)C(F)(F)C(F)(F)C(F)(F)F. The van der Waals surface area contributed by atoms with Crippen LogP contribution in [0.4, 0.5) is 30.7 Å². The second-order valence-corrected chi connectivity index (χ2v) is 3.12. The third-order valence-electron chi connectivity index (χ3n) is 2.07. The van der Waals surface area contributed by atoms with E-state index in [1.54, 1.807) is 0 Å². The van der Waals surface area contributed by atoms with E-state index in [-0.39, 0.29) is 4.90 Å². The van der Waals surface area contributed by atoms with Gasteiger partial charge in [0, 0.05) is 13.1 Å². The second-order valence-electron chi connectivity index (χ2n) is 3.12. The number of hydrogen-bond acceptors (Lipinski definition) is 1. The molecule has 17 heavy (non-hydrogen) atoms. The fourth-order valence-electron chi connectivity index (χ4n) is 1.02. The minimum absolute atomic E-state index is 0.208. The molecule has 0 heterocycles. The standard InChI is InChI=1S/C8H10F7NO/c1-3-16(4-2)5(17)6(9,10)7(11,12)8(13,14)15/h3-4H2,1-2H3. The number of halogens is 7. The van der Waals surface area contributed by atoms with Crippen LogP contribution in [0, 0.1) is 0 Å². The van der Waals surface area contributed by atoms with Gasteiger partial charge in [-0.3, -0.25) is 4.79 Å². The first-order valence-corrected chi connectivity index (χ1v) is 4.55. The summed E-state index contributed by atoms with van der Waals surface area (Å²) in [5.41, 5.74) is 0. The van der Waals surface area contributed by atoms with Crippen molar-refractivity contribution < 1.29 is 35.5 Å². The van der Waals surface area contributed by atoms with E-state index in [4.69, 9.17) is 0 Å². The van der Waals surface area contributed by atoms with Crippen molar-refractivity contribution >= 4 is 5.91 Å². The van der Waals surface area contributed by atoms with Crippen LogP contribution in [0.5, 0.6) is 0 Å². The summed E-state index contributed by atoms with van der Waals surface area (Å²) in [5, 5.41) is 0. The zero-order valence-corrected chi connectivity index (χ0v) is 8.92. The molecule has 0 fully saturated rings. The lowest BCUT2D eigenvalue weighted by molar-refractivity contribution is -0.345. The average Bonchev–Trinajstić information content (AvgIpc) is 2.17. The second kappa shape index (κ2) is 4.69. The summed E-state index contributed by atoms with van der Waals surface area (Å²) in [6.45, 7) is 1.59. The van der Waals surface area contributed by atoms with E-state index >= 15 is 0 Å². The van der Waals surface area contributed by atoms with Gasteiger partial charge >= 0.3 is 18.0 Å². The normalized spacial score (nSPS) is 13.7. The summed E-state index contributed by atoms with van der Waals surface area (Å²) in [7, 11) is 0. The molecular weight excluding hydrogens is 259 g/mol. The minimum Gasteiger partial charge on any atom is -0.338 e. The monoisotopic (exact) mass is 269 g/mol. The fourth-order valence-corrected chi connectivity index (χ4v) is 1.02. The topological polar surface area (TPSA) is 20.3 Å². The maximum atomic E-state index is 12.9. The largest absolute Gasteiger partial charge is 0.460 e. The Morgan fingerprint density at radius 2 is 1.29 bits per heavy atom. The number of rotatable bonds is 4. The summed E-state index contributed by atoms with van der Waals surface area (Å²) < 4.78 is 85.9. The van der Waals surface area contributed by atoms with E-state index in [0.717, 1.165) is 0 Å². The van der Waals surface area contributed by atoms with Gasteiger partial charge in [0.2, 0.25) is 0 Å². The molecule has 0 saturated carbocycles. The lowest BCUT2D eigenvalue weighted by Crippen LogP contribution is -2.60. The molecule has 1 amide bonds. The molecule has 0 bridgehead atoms. The molecular formula is C8H10F7NO. The summed E-state index contributed by atoms with van der Waals surface area (Å²) in [4.78, 5) is 11.1. The molecule has 102 valence electrons. The van der Waals surface area contributed by atoms with Crippen molar-refractivity contribution in [1.82, 2.24) is 4.90 Å². The van der Waals surface area contributed by atoms with Crippen molar-refractivity contribution in [3.8, 4) is 0 Å². The van der Waals surface area contributed by atoms with E-state index in [1.165, 1.54) is 13.8 Å². The molecule has 0 aliphatic heterocycles. The zero-order valence-electron chi connectivity index (χ0n) is 8.92. The van der Waals surface area contributed by atoms with Gasteiger partial charge in [-0.15, -0.1) is 0 Å². The molecule has 0 rings (SSSR count). The Kier molecular flexibility index (Phi) is 4.41. The smallest absolute Gasteiger partial charge is 0.338 e. The van der Waals surface area contributed by atoms with Crippen LogP contribution in [0.2, 0.25) is 0 Å². The van der Waals surface area contributed by atoms with Crippen LogP contribution in [-0.4, -0.2) is 41.9 Å². The molecule has 0 radical (unpaired) electrons. The summed E-state index contributed by atoms with van der Waals surface area (Å²) in [6, 6.07) is 0. The third kappa shape index (κ3) is 2.63. The van der Waals surface area contributed by atoms with Crippen molar-refractivity contribution in [2.45, 2.75) is 31.9 Å².